The van der Waals surface area contributed by atoms with E-state index in [4.69, 9.17) is 0 Å². The number of rotatable bonds is 5. The van der Waals surface area contributed by atoms with Crippen LogP contribution in [0.3, 0.4) is 0 Å². The van der Waals surface area contributed by atoms with E-state index >= 15 is 0 Å². The molecule has 2 N–H and O–H groups in total. The Morgan fingerprint density at radius 3 is 2.33 bits per heavy atom. The largest absolute Gasteiger partial charge is 0.347 e. The predicted octanol–water partition coefficient (Wildman–Crippen LogP) is 0.750. The maximum atomic E-state index is 12.4. The van der Waals surface area contributed by atoms with Crippen LogP contribution in [-0.2, 0) is 21.7 Å². The molecule has 0 aliphatic carbocycles. The third-order valence-corrected chi connectivity index (χ3v) is 6.13. The van der Waals surface area contributed by atoms with Gasteiger partial charge in [-0.3, -0.25) is 9.59 Å². The first-order valence-corrected chi connectivity index (χ1v) is 10.3. The Hall–Kier alpha value is -2.87. The van der Waals surface area contributed by atoms with E-state index in [0.717, 1.165) is 5.56 Å². The van der Waals surface area contributed by atoms with Crippen LogP contribution < -0.4 is 10.6 Å². The van der Waals surface area contributed by atoms with Crippen molar-refractivity contribution in [2.45, 2.75) is 12.1 Å². The van der Waals surface area contributed by atoms with Crippen LogP contribution in [0.5, 0.6) is 0 Å². The third-order valence-electron chi connectivity index (χ3n) is 4.40. The van der Waals surface area contributed by atoms with Crippen molar-refractivity contribution in [1.29, 1.82) is 0 Å². The highest BCUT2D eigenvalue weighted by atomic mass is 32.2. The normalized spacial score (nSPS) is 21.2. The molecule has 7 nitrogen and oxygen atoms in total. The van der Waals surface area contributed by atoms with Crippen LogP contribution in [0.25, 0.3) is 6.08 Å². The van der Waals surface area contributed by atoms with Gasteiger partial charge in [-0.1, -0.05) is 30.3 Å². The molecule has 1 aliphatic heterocycles. The molecular weight excluding hydrogens is 366 g/mol. The summed E-state index contributed by atoms with van der Waals surface area (Å²) in [7, 11) is -1.61. The van der Waals surface area contributed by atoms with Crippen molar-refractivity contribution in [3.8, 4) is 0 Å². The minimum atomic E-state index is -3.34. The molecule has 0 spiro atoms. The third kappa shape index (κ3) is 4.85. The zero-order valence-electron chi connectivity index (χ0n) is 14.8. The van der Waals surface area contributed by atoms with Gasteiger partial charge < -0.3 is 15.2 Å². The van der Waals surface area contributed by atoms with Crippen molar-refractivity contribution in [1.82, 2.24) is 15.2 Å². The van der Waals surface area contributed by atoms with Gasteiger partial charge in [0, 0.05) is 19.3 Å². The monoisotopic (exact) mass is 387 g/mol. The number of amides is 2. The lowest BCUT2D eigenvalue weighted by Crippen LogP contribution is -2.50. The summed E-state index contributed by atoms with van der Waals surface area (Å²) in [5.41, 5.74) is 1.29. The number of nitrogens with zero attached hydrogens (tertiary/aromatic N) is 1. The van der Waals surface area contributed by atoms with Gasteiger partial charge in [-0.05, 0) is 23.8 Å². The Morgan fingerprint density at radius 2 is 1.70 bits per heavy atom. The number of benzene rings is 1. The summed E-state index contributed by atoms with van der Waals surface area (Å²) in [4.78, 5) is 24.6. The van der Waals surface area contributed by atoms with Crippen LogP contribution in [0.15, 0.2) is 54.7 Å². The predicted molar refractivity (Wildman–Crippen MR) is 103 cm³/mol. The first-order chi connectivity index (χ1) is 12.8. The molecule has 2 heterocycles. The summed E-state index contributed by atoms with van der Waals surface area (Å²) in [6.45, 7) is 0. The number of carbonyl (C=O) groups excluding carboxylic acids is 2. The minimum Gasteiger partial charge on any atom is -0.347 e. The van der Waals surface area contributed by atoms with Crippen LogP contribution >= 0.6 is 0 Å². The number of sulfone groups is 1. The second-order valence-electron chi connectivity index (χ2n) is 6.52. The zero-order valence-corrected chi connectivity index (χ0v) is 15.6. The van der Waals surface area contributed by atoms with Crippen molar-refractivity contribution in [2.24, 2.45) is 7.05 Å². The smallest absolute Gasteiger partial charge is 0.268 e. The SMILES string of the molecule is Cn1cccc1C(=O)N[C@@H]1CS(=O)(=O)C[C@@H]1NC(=O)C=Cc1ccccc1. The molecule has 1 aromatic heterocycles. The van der Waals surface area contributed by atoms with Crippen LogP contribution in [-0.4, -0.2) is 48.4 Å². The number of nitrogens with one attached hydrogen (secondary N) is 2. The number of hydrogen-bond acceptors (Lipinski definition) is 4. The van der Waals surface area contributed by atoms with E-state index in [-0.39, 0.29) is 17.4 Å². The second kappa shape index (κ2) is 7.79. The first-order valence-electron chi connectivity index (χ1n) is 8.50. The topological polar surface area (TPSA) is 97.3 Å². The Morgan fingerprint density at radius 1 is 1.04 bits per heavy atom. The van der Waals surface area contributed by atoms with Gasteiger partial charge in [0.15, 0.2) is 9.84 Å². The van der Waals surface area contributed by atoms with Crippen LogP contribution in [0.1, 0.15) is 16.1 Å². The maximum absolute atomic E-state index is 12.4. The van der Waals surface area contributed by atoms with E-state index in [1.165, 1.54) is 6.08 Å². The molecule has 142 valence electrons. The molecule has 1 fully saturated rings. The highest BCUT2D eigenvalue weighted by molar-refractivity contribution is 7.91. The van der Waals surface area contributed by atoms with Gasteiger partial charge in [-0.2, -0.15) is 0 Å². The van der Waals surface area contributed by atoms with Crippen molar-refractivity contribution < 1.29 is 18.0 Å². The van der Waals surface area contributed by atoms with Gasteiger partial charge in [0.05, 0.1) is 23.6 Å². The average molecular weight is 387 g/mol. The van der Waals surface area contributed by atoms with E-state index in [2.05, 4.69) is 10.6 Å². The molecule has 1 aliphatic rings. The summed E-state index contributed by atoms with van der Waals surface area (Å²) < 4.78 is 25.7. The molecular formula is C19H21N3O4S. The number of aromatic nitrogens is 1. The molecule has 0 bridgehead atoms. The Labute approximate surface area is 158 Å². The summed E-state index contributed by atoms with van der Waals surface area (Å²) in [5.74, 6) is -1.17. The fraction of sp³-hybridized carbons (Fsp3) is 0.263. The van der Waals surface area contributed by atoms with Gasteiger partial charge in [0.2, 0.25) is 5.91 Å². The van der Waals surface area contributed by atoms with Crippen molar-refractivity contribution in [3.63, 3.8) is 0 Å². The second-order valence-corrected chi connectivity index (χ2v) is 8.67. The molecule has 2 aromatic rings. The van der Waals surface area contributed by atoms with Gasteiger partial charge in [-0.25, -0.2) is 8.42 Å². The Bertz CT molecular complexity index is 964. The van der Waals surface area contributed by atoms with Crippen molar-refractivity contribution in [3.05, 3.63) is 66.0 Å². The Balaban J connectivity index is 1.67. The fourth-order valence-corrected chi connectivity index (χ4v) is 4.90. The van der Waals surface area contributed by atoms with E-state index < -0.39 is 27.8 Å². The molecule has 2 amide bonds. The quantitative estimate of drug-likeness (QED) is 0.740. The number of hydrogen-bond donors (Lipinski definition) is 2. The fourth-order valence-electron chi connectivity index (χ4n) is 3.04. The molecule has 0 radical (unpaired) electrons. The highest BCUT2D eigenvalue weighted by Gasteiger charge is 2.39. The van der Waals surface area contributed by atoms with Gasteiger partial charge >= 0.3 is 0 Å². The standard InChI is InChI=1S/C19H21N3O4S/c1-22-11-5-8-17(22)19(24)21-16-13-27(25,26)12-15(16)20-18(23)10-9-14-6-3-2-4-7-14/h2-11,15-16H,12-13H2,1H3,(H,20,23)(H,21,24)/t15-,16+/m0/s1. The van der Waals surface area contributed by atoms with Crippen LogP contribution in [0.2, 0.25) is 0 Å². The molecule has 3 rings (SSSR count). The summed E-state index contributed by atoms with van der Waals surface area (Å²) in [5, 5.41) is 5.42. The van der Waals surface area contributed by atoms with E-state index in [1.54, 1.807) is 36.0 Å². The summed E-state index contributed by atoms with van der Waals surface area (Å²) in [6, 6.07) is 11.3. The number of aryl methyl sites for hydroxylation is 1. The molecule has 8 heteroatoms. The molecule has 0 saturated carbocycles. The lowest BCUT2D eigenvalue weighted by molar-refractivity contribution is -0.117. The minimum absolute atomic E-state index is 0.198. The Kier molecular flexibility index (Phi) is 5.46. The lowest BCUT2D eigenvalue weighted by atomic mass is 10.1. The van der Waals surface area contributed by atoms with Gasteiger partial charge in [0.1, 0.15) is 5.69 Å². The molecule has 27 heavy (non-hydrogen) atoms. The summed E-state index contributed by atoms with van der Waals surface area (Å²) >= 11 is 0. The zero-order chi connectivity index (χ0) is 19.4. The first kappa shape index (κ1) is 18.9. The molecule has 1 aromatic carbocycles. The van der Waals surface area contributed by atoms with Gasteiger partial charge in [0.25, 0.3) is 5.91 Å². The summed E-state index contributed by atoms with van der Waals surface area (Å²) in [6.07, 6.45) is 4.74. The van der Waals surface area contributed by atoms with E-state index in [9.17, 15) is 18.0 Å². The van der Waals surface area contributed by atoms with E-state index in [1.807, 2.05) is 30.3 Å². The van der Waals surface area contributed by atoms with Crippen molar-refractivity contribution >= 4 is 27.7 Å². The lowest BCUT2D eigenvalue weighted by Gasteiger charge is -2.20. The van der Waals surface area contributed by atoms with Crippen LogP contribution in [0.4, 0.5) is 0 Å². The van der Waals surface area contributed by atoms with Crippen molar-refractivity contribution in [2.75, 3.05) is 11.5 Å². The number of carbonyl (C=O) groups is 2. The highest BCUT2D eigenvalue weighted by Crippen LogP contribution is 2.14. The average Bonchev–Trinajstić information content (AvgIpc) is 3.16. The molecule has 0 unspecified atom stereocenters. The molecule has 1 saturated heterocycles. The molecule has 2 atom stereocenters. The van der Waals surface area contributed by atoms with E-state index in [0.29, 0.717) is 5.69 Å². The van der Waals surface area contributed by atoms with Crippen LogP contribution in [0, 0.1) is 0 Å². The maximum Gasteiger partial charge on any atom is 0.268 e. The van der Waals surface area contributed by atoms with Gasteiger partial charge in [-0.15, -0.1) is 0 Å².